The molecule has 0 bridgehead atoms. The van der Waals surface area contributed by atoms with E-state index in [1.165, 1.54) is 68.0 Å². The molecular weight excluding hydrogens is 386 g/mol. The summed E-state index contributed by atoms with van der Waals surface area (Å²) in [4.78, 5) is 2.62. The van der Waals surface area contributed by atoms with Gasteiger partial charge in [0.1, 0.15) is 0 Å². The highest BCUT2D eigenvalue weighted by atomic mass is 32.2. The average molecular weight is 426 g/mol. The van der Waals surface area contributed by atoms with Crippen molar-refractivity contribution in [1.29, 1.82) is 0 Å². The zero-order chi connectivity index (χ0) is 20.8. The van der Waals surface area contributed by atoms with Gasteiger partial charge in [0.25, 0.3) is 0 Å². The van der Waals surface area contributed by atoms with Gasteiger partial charge >= 0.3 is 0 Å². The van der Waals surface area contributed by atoms with Crippen molar-refractivity contribution in [2.75, 3.05) is 31.1 Å². The molecule has 1 saturated carbocycles. The van der Waals surface area contributed by atoms with Crippen molar-refractivity contribution < 1.29 is 5.11 Å². The Hall–Kier alpha value is -1.03. The van der Waals surface area contributed by atoms with E-state index >= 15 is 0 Å². The first-order chi connectivity index (χ1) is 14.7. The molecule has 1 aromatic carbocycles. The first-order valence-electron chi connectivity index (χ1n) is 12.1. The van der Waals surface area contributed by atoms with E-state index in [0.29, 0.717) is 17.8 Å². The third-order valence-electron chi connectivity index (χ3n) is 7.24. The molecule has 4 rings (SSSR count). The Morgan fingerprint density at radius 1 is 1.23 bits per heavy atom. The summed E-state index contributed by atoms with van der Waals surface area (Å²) < 4.78 is 0. The maximum atomic E-state index is 10.6. The second-order valence-corrected chi connectivity index (χ2v) is 10.8. The summed E-state index contributed by atoms with van der Waals surface area (Å²) in [5.41, 5.74) is 4.39. The maximum Gasteiger partial charge on any atom is 0.0611 e. The Kier molecular flexibility index (Phi) is 8.14. The first kappa shape index (κ1) is 22.2. The van der Waals surface area contributed by atoms with Gasteiger partial charge in [0.2, 0.25) is 0 Å². The second kappa shape index (κ2) is 11.0. The van der Waals surface area contributed by atoms with E-state index < -0.39 is 0 Å². The summed E-state index contributed by atoms with van der Waals surface area (Å²) in [6.07, 6.45) is 15.5. The molecule has 2 fully saturated rings. The zero-order valence-corrected chi connectivity index (χ0v) is 19.5. The van der Waals surface area contributed by atoms with Crippen molar-refractivity contribution in [3.63, 3.8) is 0 Å². The highest BCUT2D eigenvalue weighted by molar-refractivity contribution is 7.99. The average Bonchev–Trinajstić information content (AvgIpc) is 3.43. The van der Waals surface area contributed by atoms with Crippen molar-refractivity contribution >= 4 is 11.8 Å². The molecule has 2 aliphatic carbocycles. The predicted molar refractivity (Wildman–Crippen MR) is 130 cm³/mol. The molecule has 1 saturated heterocycles. The number of rotatable bonds is 10. The number of aliphatic hydroxyl groups is 1. The lowest BCUT2D eigenvalue weighted by Crippen LogP contribution is -2.20. The maximum absolute atomic E-state index is 10.6. The Morgan fingerprint density at radius 3 is 2.93 bits per heavy atom. The number of aliphatic hydroxyl groups excluding tert-OH is 1. The Morgan fingerprint density at radius 2 is 2.10 bits per heavy atom. The van der Waals surface area contributed by atoms with Crippen LogP contribution >= 0.6 is 11.8 Å². The van der Waals surface area contributed by atoms with Crippen molar-refractivity contribution in [2.24, 2.45) is 17.8 Å². The van der Waals surface area contributed by atoms with Crippen LogP contribution in [0.4, 0.5) is 0 Å². The van der Waals surface area contributed by atoms with Gasteiger partial charge in [-0.15, -0.1) is 0 Å². The van der Waals surface area contributed by atoms with Gasteiger partial charge in [-0.25, -0.2) is 0 Å². The Bertz CT molecular complexity index is 736. The molecule has 30 heavy (non-hydrogen) atoms. The molecule has 0 spiro atoms. The largest absolute Gasteiger partial charge is 0.392 e. The van der Waals surface area contributed by atoms with Crippen LogP contribution < -0.4 is 0 Å². The van der Waals surface area contributed by atoms with Gasteiger partial charge < -0.3 is 10.0 Å². The topological polar surface area (TPSA) is 23.5 Å². The molecule has 164 valence electrons. The summed E-state index contributed by atoms with van der Waals surface area (Å²) in [5.74, 6) is 4.07. The fraction of sp³-hybridized carbons (Fsp3) is 0.630. The predicted octanol–water partition coefficient (Wildman–Crippen LogP) is 5.65. The van der Waals surface area contributed by atoms with Crippen LogP contribution in [0.15, 0.2) is 48.1 Å². The fourth-order valence-corrected chi connectivity index (χ4v) is 6.64. The van der Waals surface area contributed by atoms with E-state index in [1.54, 1.807) is 5.57 Å². The molecule has 4 atom stereocenters. The summed E-state index contributed by atoms with van der Waals surface area (Å²) in [6, 6.07) is 8.81. The van der Waals surface area contributed by atoms with Crippen LogP contribution in [0.5, 0.6) is 0 Å². The van der Waals surface area contributed by atoms with E-state index in [9.17, 15) is 5.11 Å². The normalized spacial score (nSPS) is 29.1. The van der Waals surface area contributed by atoms with Crippen LogP contribution in [0.3, 0.4) is 0 Å². The van der Waals surface area contributed by atoms with E-state index in [2.05, 4.69) is 66.1 Å². The van der Waals surface area contributed by atoms with Gasteiger partial charge in [-0.05, 0) is 94.7 Å². The van der Waals surface area contributed by atoms with Crippen molar-refractivity contribution in [3.05, 3.63) is 59.2 Å². The van der Waals surface area contributed by atoms with Gasteiger partial charge in [0.15, 0.2) is 0 Å². The molecule has 3 heteroatoms. The van der Waals surface area contributed by atoms with Crippen LogP contribution in [0.1, 0.15) is 49.7 Å². The summed E-state index contributed by atoms with van der Waals surface area (Å²) in [5, 5.41) is 10.6. The van der Waals surface area contributed by atoms with Crippen LogP contribution in [0, 0.1) is 24.7 Å². The SMILES string of the molecule is Cc1cccc(CC/C=C/[C@@H]2[C@H]3CC(CSCCCN4CCCC4)=C[C@H]3C[C@H]2O)c1. The summed E-state index contributed by atoms with van der Waals surface area (Å²) >= 11 is 2.12. The van der Waals surface area contributed by atoms with Gasteiger partial charge in [-0.3, -0.25) is 0 Å². The zero-order valence-electron chi connectivity index (χ0n) is 18.6. The highest BCUT2D eigenvalue weighted by Crippen LogP contribution is 2.47. The number of nitrogens with zero attached hydrogens (tertiary/aromatic N) is 1. The number of thioether (sulfide) groups is 1. The van der Waals surface area contributed by atoms with E-state index in [-0.39, 0.29) is 6.10 Å². The van der Waals surface area contributed by atoms with Crippen molar-refractivity contribution in [3.8, 4) is 0 Å². The molecule has 3 aliphatic rings. The van der Waals surface area contributed by atoms with Gasteiger partial charge in [0, 0.05) is 11.7 Å². The minimum absolute atomic E-state index is 0.152. The number of likely N-dealkylation sites (tertiary alicyclic amines) is 1. The van der Waals surface area contributed by atoms with Crippen LogP contribution in [-0.2, 0) is 6.42 Å². The van der Waals surface area contributed by atoms with Crippen molar-refractivity contribution in [1.82, 2.24) is 4.90 Å². The Labute approximate surface area is 187 Å². The number of allylic oxidation sites excluding steroid dienone is 2. The molecule has 0 radical (unpaired) electrons. The van der Waals surface area contributed by atoms with Crippen molar-refractivity contribution in [2.45, 2.75) is 58.0 Å². The number of fused-ring (bicyclic) bond motifs is 1. The molecule has 1 heterocycles. The lowest BCUT2D eigenvalue weighted by Gasteiger charge is -2.18. The number of aryl methyl sites for hydroxylation is 2. The summed E-state index contributed by atoms with van der Waals surface area (Å²) in [7, 11) is 0. The number of hydrogen-bond acceptors (Lipinski definition) is 3. The van der Waals surface area contributed by atoms with E-state index in [4.69, 9.17) is 0 Å². The molecule has 0 amide bonds. The van der Waals surface area contributed by atoms with Gasteiger partial charge in [-0.2, -0.15) is 11.8 Å². The molecule has 1 aromatic rings. The van der Waals surface area contributed by atoms with E-state index in [0.717, 1.165) is 19.3 Å². The fourth-order valence-electron chi connectivity index (χ4n) is 5.68. The lowest BCUT2D eigenvalue weighted by molar-refractivity contribution is 0.141. The number of hydrogen-bond donors (Lipinski definition) is 1. The minimum Gasteiger partial charge on any atom is -0.392 e. The molecule has 1 aliphatic heterocycles. The minimum atomic E-state index is -0.152. The Balaban J connectivity index is 1.17. The van der Waals surface area contributed by atoms with Crippen LogP contribution in [0.2, 0.25) is 0 Å². The van der Waals surface area contributed by atoms with Gasteiger partial charge in [0.05, 0.1) is 6.10 Å². The third-order valence-corrected chi connectivity index (χ3v) is 8.39. The monoisotopic (exact) mass is 425 g/mol. The molecular formula is C27H39NOS. The molecule has 0 unspecified atom stereocenters. The smallest absolute Gasteiger partial charge is 0.0611 e. The third kappa shape index (κ3) is 6.02. The highest BCUT2D eigenvalue weighted by Gasteiger charge is 2.43. The second-order valence-electron chi connectivity index (χ2n) is 9.65. The van der Waals surface area contributed by atoms with Crippen LogP contribution in [0.25, 0.3) is 0 Å². The molecule has 2 nitrogen and oxygen atoms in total. The molecule has 1 N–H and O–H groups in total. The lowest BCUT2D eigenvalue weighted by atomic mass is 9.89. The molecule has 0 aromatic heterocycles. The quantitative estimate of drug-likeness (QED) is 0.387. The number of benzene rings is 1. The van der Waals surface area contributed by atoms with E-state index in [1.807, 2.05) is 0 Å². The summed E-state index contributed by atoms with van der Waals surface area (Å²) in [6.45, 7) is 6.09. The van der Waals surface area contributed by atoms with Crippen LogP contribution in [-0.4, -0.2) is 47.3 Å². The standard InChI is InChI=1S/C27H39NOS/c1-21-8-6-10-22(16-21)9-2-3-11-25-26-18-23(17-24(26)19-27(25)29)20-30-15-7-14-28-12-4-5-13-28/h3,6,8,10-11,16-17,24-27,29H,2,4-5,7,9,12-15,18-20H2,1H3/b11-3+/t24-,25+,26-,27+/m0/s1. The first-order valence-corrected chi connectivity index (χ1v) is 13.2. The van der Waals surface area contributed by atoms with Gasteiger partial charge in [-0.1, -0.05) is 53.6 Å².